The molecule has 2 rings (SSSR count). The number of fused-ring (bicyclic) bond motifs is 1. The Morgan fingerprint density at radius 1 is 1.28 bits per heavy atom. The van der Waals surface area contributed by atoms with Gasteiger partial charge < -0.3 is 0 Å². The van der Waals surface area contributed by atoms with E-state index in [1.165, 1.54) is 4.90 Å². The average Bonchev–Trinajstić information content (AvgIpc) is 2.55. The van der Waals surface area contributed by atoms with Gasteiger partial charge in [-0.05, 0) is 23.6 Å². The molecule has 0 N–H and O–H groups in total. The van der Waals surface area contributed by atoms with Crippen molar-refractivity contribution in [2.75, 3.05) is 0 Å². The number of carbonyl (C=O) groups is 2. The van der Waals surface area contributed by atoms with E-state index in [4.69, 9.17) is 11.6 Å². The van der Waals surface area contributed by atoms with E-state index >= 15 is 0 Å². The molecular weight excluding hydrogens is 269 g/mol. The number of halogens is 1. The van der Waals surface area contributed by atoms with Crippen molar-refractivity contribution in [2.24, 2.45) is 5.92 Å². The van der Waals surface area contributed by atoms with Gasteiger partial charge in [0, 0.05) is 11.1 Å². The Kier molecular flexibility index (Phi) is 3.56. The maximum atomic E-state index is 12.3. The fourth-order valence-corrected chi connectivity index (χ4v) is 2.97. The molecule has 0 radical (unpaired) electrons. The number of rotatable bonds is 3. The molecule has 94 valence electrons. The maximum Gasteiger partial charge on any atom is 0.259 e. The van der Waals surface area contributed by atoms with Crippen LogP contribution in [-0.2, 0) is 4.79 Å². The van der Waals surface area contributed by atoms with Crippen molar-refractivity contribution in [3.8, 4) is 0 Å². The van der Waals surface area contributed by atoms with Crippen LogP contribution in [0, 0.1) is 5.92 Å². The summed E-state index contributed by atoms with van der Waals surface area (Å²) in [6.07, 6.45) is 0. The average molecular weight is 282 g/mol. The molecule has 5 heteroatoms. The highest BCUT2D eigenvalue weighted by Crippen LogP contribution is 2.29. The van der Waals surface area contributed by atoms with Crippen LogP contribution in [0.1, 0.15) is 29.8 Å². The lowest BCUT2D eigenvalue weighted by Gasteiger charge is -2.28. The molecule has 0 fully saturated rings. The van der Waals surface area contributed by atoms with Crippen molar-refractivity contribution in [1.29, 1.82) is 0 Å². The van der Waals surface area contributed by atoms with Crippen LogP contribution in [0.3, 0.4) is 0 Å². The van der Waals surface area contributed by atoms with Gasteiger partial charge in [-0.15, -0.1) is 0 Å². The van der Waals surface area contributed by atoms with E-state index in [2.05, 4.69) is 8.86 Å². The first kappa shape index (κ1) is 13.3. The lowest BCUT2D eigenvalue weighted by atomic mass is 10.0. The highest BCUT2D eigenvalue weighted by molar-refractivity contribution is 7.22. The van der Waals surface area contributed by atoms with E-state index in [-0.39, 0.29) is 11.8 Å². The Balaban J connectivity index is 2.47. The standard InChI is InChI=1S/C13H13ClNO2P/c1-7(2)10(11(14)16)15-12(17)8-5-3-4-6-9(8)13(15)18/h3-7,10,18H,1-2H3/t10-/m0/s1. The molecule has 0 aliphatic carbocycles. The van der Waals surface area contributed by atoms with Crippen LogP contribution in [0.4, 0.5) is 0 Å². The predicted octanol–water partition coefficient (Wildman–Crippen LogP) is 2.55. The van der Waals surface area contributed by atoms with E-state index < -0.39 is 11.3 Å². The topological polar surface area (TPSA) is 37.4 Å². The predicted molar refractivity (Wildman–Crippen MR) is 74.5 cm³/mol. The second-order valence-corrected chi connectivity index (χ2v) is 5.41. The van der Waals surface area contributed by atoms with Crippen LogP contribution >= 0.6 is 20.5 Å². The van der Waals surface area contributed by atoms with Crippen LogP contribution in [-0.4, -0.2) is 27.5 Å². The third kappa shape index (κ3) is 1.98. The Bertz CT molecular complexity index is 507. The first-order chi connectivity index (χ1) is 8.45. The first-order valence-corrected chi connectivity index (χ1v) is 6.53. The van der Waals surface area contributed by atoms with E-state index in [0.29, 0.717) is 11.0 Å². The molecule has 0 saturated carbocycles. The molecule has 0 saturated heterocycles. The minimum absolute atomic E-state index is 0.0559. The Hall–Kier alpha value is -1.18. The first-order valence-electron chi connectivity index (χ1n) is 5.66. The van der Waals surface area contributed by atoms with Crippen molar-refractivity contribution in [3.05, 3.63) is 35.4 Å². The van der Waals surface area contributed by atoms with Crippen LogP contribution in [0.5, 0.6) is 0 Å². The molecule has 18 heavy (non-hydrogen) atoms. The van der Waals surface area contributed by atoms with Crippen molar-refractivity contribution >= 4 is 37.0 Å². The molecule has 1 aromatic rings. The second-order valence-electron chi connectivity index (χ2n) is 4.56. The van der Waals surface area contributed by atoms with Gasteiger partial charge in [0.05, 0.1) is 5.42 Å². The minimum atomic E-state index is -0.654. The lowest BCUT2D eigenvalue weighted by molar-refractivity contribution is -0.115. The van der Waals surface area contributed by atoms with Gasteiger partial charge in [0.2, 0.25) is 5.24 Å². The van der Waals surface area contributed by atoms with E-state index in [9.17, 15) is 9.59 Å². The summed E-state index contributed by atoms with van der Waals surface area (Å²) in [5.74, 6) is -0.247. The quantitative estimate of drug-likeness (QED) is 0.631. The van der Waals surface area contributed by atoms with Gasteiger partial charge in [-0.3, -0.25) is 14.5 Å². The number of carbonyl (C=O) groups excluding carboxylic acids is 2. The zero-order valence-corrected chi connectivity index (χ0v) is 11.9. The summed E-state index contributed by atoms with van der Waals surface area (Å²) in [5.41, 5.74) is 1.98. The molecule has 0 unspecified atom stereocenters. The highest BCUT2D eigenvalue weighted by Gasteiger charge is 2.40. The largest absolute Gasteiger partial charge is 0.292 e. The summed E-state index contributed by atoms with van der Waals surface area (Å²) in [5, 5.41) is -0.526. The maximum absolute atomic E-state index is 12.3. The zero-order valence-electron chi connectivity index (χ0n) is 10.1. The summed E-state index contributed by atoms with van der Waals surface area (Å²) in [6, 6.07) is 6.58. The summed E-state index contributed by atoms with van der Waals surface area (Å²) in [6.45, 7) is 3.72. The summed E-state index contributed by atoms with van der Waals surface area (Å²) in [7, 11) is 3.45. The zero-order chi connectivity index (χ0) is 13.4. The number of hydrogen-bond acceptors (Lipinski definition) is 2. The Morgan fingerprint density at radius 2 is 1.83 bits per heavy atom. The normalized spacial score (nSPS) is 16.1. The van der Waals surface area contributed by atoms with Crippen LogP contribution in [0.25, 0.3) is 0 Å². The third-order valence-electron chi connectivity index (χ3n) is 3.01. The molecule has 1 atom stereocenters. The number of amides is 1. The van der Waals surface area contributed by atoms with Crippen molar-refractivity contribution in [1.82, 2.24) is 4.90 Å². The monoisotopic (exact) mass is 281 g/mol. The van der Waals surface area contributed by atoms with E-state index in [0.717, 1.165) is 5.56 Å². The van der Waals surface area contributed by atoms with E-state index in [1.807, 2.05) is 26.0 Å². The SMILES string of the molecule is CC(C)[C@@H](C(=O)Cl)N1C(=O)c2ccccc2C1=P. The number of hydrogen-bond donors (Lipinski definition) is 0. The number of nitrogens with zero attached hydrogens (tertiary/aromatic N) is 1. The third-order valence-corrected chi connectivity index (χ3v) is 3.75. The van der Waals surface area contributed by atoms with Gasteiger partial charge in [-0.25, -0.2) is 0 Å². The van der Waals surface area contributed by atoms with Crippen molar-refractivity contribution in [2.45, 2.75) is 19.9 Å². The van der Waals surface area contributed by atoms with Gasteiger partial charge in [-0.2, -0.15) is 0 Å². The smallest absolute Gasteiger partial charge is 0.259 e. The molecule has 3 nitrogen and oxygen atoms in total. The number of benzene rings is 1. The molecule has 0 bridgehead atoms. The van der Waals surface area contributed by atoms with Gasteiger partial charge in [-0.1, -0.05) is 40.9 Å². The second kappa shape index (κ2) is 4.83. The molecule has 0 aromatic heterocycles. The molecule has 1 aliphatic heterocycles. The van der Waals surface area contributed by atoms with Crippen LogP contribution in [0.15, 0.2) is 24.3 Å². The summed E-state index contributed by atoms with van der Waals surface area (Å²) >= 11 is 5.62. The Labute approximate surface area is 113 Å². The summed E-state index contributed by atoms with van der Waals surface area (Å²) < 4.78 is 0. The highest BCUT2D eigenvalue weighted by atomic mass is 35.5. The molecule has 1 aliphatic rings. The summed E-state index contributed by atoms with van der Waals surface area (Å²) in [4.78, 5) is 25.3. The van der Waals surface area contributed by atoms with E-state index in [1.54, 1.807) is 12.1 Å². The fourth-order valence-electron chi connectivity index (χ4n) is 2.16. The molecular formula is C13H13ClNO2P. The van der Waals surface area contributed by atoms with Crippen molar-refractivity contribution in [3.63, 3.8) is 0 Å². The lowest BCUT2D eigenvalue weighted by Crippen LogP contribution is -2.46. The molecule has 1 aromatic carbocycles. The van der Waals surface area contributed by atoms with Crippen molar-refractivity contribution < 1.29 is 9.59 Å². The molecule has 0 spiro atoms. The van der Waals surface area contributed by atoms with Gasteiger partial charge in [0.1, 0.15) is 6.04 Å². The fraction of sp³-hybridized carbons (Fsp3) is 0.308. The van der Waals surface area contributed by atoms with Crippen LogP contribution < -0.4 is 0 Å². The Morgan fingerprint density at radius 3 is 2.28 bits per heavy atom. The van der Waals surface area contributed by atoms with Gasteiger partial charge in [0.25, 0.3) is 5.91 Å². The molecule has 1 heterocycles. The van der Waals surface area contributed by atoms with Gasteiger partial charge >= 0.3 is 0 Å². The minimum Gasteiger partial charge on any atom is -0.292 e. The molecule has 1 amide bonds. The van der Waals surface area contributed by atoms with Crippen LogP contribution in [0.2, 0.25) is 0 Å². The van der Waals surface area contributed by atoms with Gasteiger partial charge in [0.15, 0.2) is 0 Å².